The number of amides is 2. The maximum atomic E-state index is 13.7. The molecule has 1 atom stereocenters. The first kappa shape index (κ1) is 15.6. The number of halogens is 1. The molecule has 0 unspecified atom stereocenters. The predicted molar refractivity (Wildman–Crippen MR) is 81.2 cm³/mol. The van der Waals surface area contributed by atoms with Gasteiger partial charge in [0.2, 0.25) is 0 Å². The highest BCUT2D eigenvalue weighted by molar-refractivity contribution is 5.90. The van der Waals surface area contributed by atoms with Crippen LogP contribution in [0.1, 0.15) is 26.2 Å². The Morgan fingerprint density at radius 1 is 1.38 bits per heavy atom. The van der Waals surface area contributed by atoms with Crippen LogP contribution in [0.25, 0.3) is 0 Å². The molecule has 1 aromatic carbocycles. The van der Waals surface area contributed by atoms with Crippen molar-refractivity contribution in [3.05, 3.63) is 24.0 Å². The van der Waals surface area contributed by atoms with E-state index >= 15 is 0 Å². The Kier molecular flexibility index (Phi) is 5.38. The van der Waals surface area contributed by atoms with E-state index in [2.05, 4.69) is 15.5 Å². The van der Waals surface area contributed by atoms with Crippen molar-refractivity contribution in [1.82, 2.24) is 5.32 Å². The minimum atomic E-state index is -0.436. The Hall–Kier alpha value is -1.82. The number of rotatable bonds is 5. The van der Waals surface area contributed by atoms with Gasteiger partial charge in [-0.1, -0.05) is 6.92 Å². The molecule has 1 aliphatic heterocycles. The molecular weight excluding hydrogens is 273 g/mol. The molecule has 0 radical (unpaired) electrons. The molecule has 3 N–H and O–H groups in total. The summed E-state index contributed by atoms with van der Waals surface area (Å²) in [4.78, 5) is 13.9. The van der Waals surface area contributed by atoms with Crippen molar-refractivity contribution in [3.63, 3.8) is 0 Å². The summed E-state index contributed by atoms with van der Waals surface area (Å²) in [5, 5.41) is 14.3. The molecule has 116 valence electrons. The standard InChI is InChI=1S/C15H22FN3O2/c1-2-12(10-20)17-15(21)18-13-7-11(16)8-14(9-13)19-5-3-4-6-19/h7-9,12,20H,2-6,10H2,1H3,(H2,17,18,21)/t12-/m0/s1. The number of benzene rings is 1. The predicted octanol–water partition coefficient (Wildman–Crippen LogP) is 2.32. The molecule has 1 aliphatic rings. The van der Waals surface area contributed by atoms with E-state index in [1.807, 2.05) is 6.92 Å². The molecule has 1 aromatic rings. The van der Waals surface area contributed by atoms with Crippen LogP contribution in [-0.2, 0) is 0 Å². The molecule has 6 heteroatoms. The van der Waals surface area contributed by atoms with E-state index in [-0.39, 0.29) is 18.5 Å². The van der Waals surface area contributed by atoms with Gasteiger partial charge in [0.1, 0.15) is 5.82 Å². The third-order valence-electron chi connectivity index (χ3n) is 3.66. The quantitative estimate of drug-likeness (QED) is 0.781. The van der Waals surface area contributed by atoms with Gasteiger partial charge in [-0.15, -0.1) is 0 Å². The van der Waals surface area contributed by atoms with E-state index in [0.717, 1.165) is 31.6 Å². The third-order valence-corrected chi connectivity index (χ3v) is 3.66. The second-order valence-electron chi connectivity index (χ2n) is 5.28. The SMILES string of the molecule is CC[C@@H](CO)NC(=O)Nc1cc(F)cc(N2CCCC2)c1. The largest absolute Gasteiger partial charge is 0.394 e. The van der Waals surface area contributed by atoms with Crippen molar-refractivity contribution in [1.29, 1.82) is 0 Å². The van der Waals surface area contributed by atoms with Crippen LogP contribution in [0.3, 0.4) is 0 Å². The van der Waals surface area contributed by atoms with Crippen molar-refractivity contribution in [2.75, 3.05) is 29.9 Å². The number of aliphatic hydroxyl groups is 1. The minimum Gasteiger partial charge on any atom is -0.394 e. The number of hydrogen-bond donors (Lipinski definition) is 3. The zero-order chi connectivity index (χ0) is 15.2. The Morgan fingerprint density at radius 2 is 2.10 bits per heavy atom. The van der Waals surface area contributed by atoms with Crippen LogP contribution >= 0.6 is 0 Å². The Morgan fingerprint density at radius 3 is 2.71 bits per heavy atom. The lowest BCUT2D eigenvalue weighted by atomic mass is 10.2. The summed E-state index contributed by atoms with van der Waals surface area (Å²) in [5.74, 6) is -0.371. The molecule has 1 heterocycles. The van der Waals surface area contributed by atoms with Crippen LogP contribution < -0.4 is 15.5 Å². The zero-order valence-electron chi connectivity index (χ0n) is 12.2. The summed E-state index contributed by atoms with van der Waals surface area (Å²) in [5.41, 5.74) is 1.21. The van der Waals surface area contributed by atoms with Crippen molar-refractivity contribution >= 4 is 17.4 Å². The summed E-state index contributed by atoms with van der Waals surface area (Å²) in [7, 11) is 0. The fourth-order valence-electron chi connectivity index (χ4n) is 2.43. The van der Waals surface area contributed by atoms with Gasteiger partial charge >= 0.3 is 6.03 Å². The molecule has 0 saturated carbocycles. The van der Waals surface area contributed by atoms with Gasteiger partial charge in [-0.2, -0.15) is 0 Å². The van der Waals surface area contributed by atoms with E-state index in [9.17, 15) is 9.18 Å². The highest BCUT2D eigenvalue weighted by atomic mass is 19.1. The van der Waals surface area contributed by atoms with Crippen LogP contribution in [0.4, 0.5) is 20.6 Å². The first-order valence-corrected chi connectivity index (χ1v) is 7.36. The maximum Gasteiger partial charge on any atom is 0.319 e. The summed E-state index contributed by atoms with van der Waals surface area (Å²) >= 11 is 0. The average Bonchev–Trinajstić information content (AvgIpc) is 2.98. The maximum absolute atomic E-state index is 13.7. The number of urea groups is 1. The molecule has 0 bridgehead atoms. The fourth-order valence-corrected chi connectivity index (χ4v) is 2.43. The Bertz CT molecular complexity index is 486. The molecule has 0 aromatic heterocycles. The van der Waals surface area contributed by atoms with Gasteiger partial charge in [0.05, 0.1) is 12.6 Å². The van der Waals surface area contributed by atoms with Crippen LogP contribution in [0, 0.1) is 5.82 Å². The topological polar surface area (TPSA) is 64.6 Å². The molecule has 2 amide bonds. The first-order chi connectivity index (χ1) is 10.1. The van der Waals surface area contributed by atoms with E-state index in [1.165, 1.54) is 12.1 Å². The van der Waals surface area contributed by atoms with Crippen molar-refractivity contribution in [2.24, 2.45) is 0 Å². The molecule has 1 fully saturated rings. The summed E-state index contributed by atoms with van der Waals surface area (Å²) in [6, 6.07) is 3.81. The van der Waals surface area contributed by atoms with Gasteiger partial charge in [0.15, 0.2) is 0 Å². The van der Waals surface area contributed by atoms with E-state index in [4.69, 9.17) is 5.11 Å². The van der Waals surface area contributed by atoms with Crippen molar-refractivity contribution in [3.8, 4) is 0 Å². The number of carbonyl (C=O) groups excluding carboxylic acids is 1. The minimum absolute atomic E-state index is 0.119. The zero-order valence-corrected chi connectivity index (χ0v) is 12.2. The number of nitrogens with zero attached hydrogens (tertiary/aromatic N) is 1. The number of hydrogen-bond acceptors (Lipinski definition) is 3. The lowest BCUT2D eigenvalue weighted by Gasteiger charge is -2.19. The molecular formula is C15H22FN3O2. The highest BCUT2D eigenvalue weighted by Gasteiger charge is 2.15. The van der Waals surface area contributed by atoms with Crippen LogP contribution in [0.15, 0.2) is 18.2 Å². The van der Waals surface area contributed by atoms with E-state index in [1.54, 1.807) is 6.07 Å². The summed E-state index contributed by atoms with van der Waals surface area (Å²) in [6.07, 6.45) is 2.84. The molecule has 0 spiro atoms. The van der Waals surface area contributed by atoms with Crippen LogP contribution in [-0.4, -0.2) is 36.9 Å². The fraction of sp³-hybridized carbons (Fsp3) is 0.533. The lowest BCUT2D eigenvalue weighted by molar-refractivity contribution is 0.222. The Balaban J connectivity index is 2.03. The highest BCUT2D eigenvalue weighted by Crippen LogP contribution is 2.25. The molecule has 5 nitrogen and oxygen atoms in total. The van der Waals surface area contributed by atoms with Gasteiger partial charge in [-0.05, 0) is 37.5 Å². The van der Waals surface area contributed by atoms with Crippen molar-refractivity contribution in [2.45, 2.75) is 32.2 Å². The summed E-state index contributed by atoms with van der Waals surface area (Å²) < 4.78 is 13.7. The number of nitrogens with one attached hydrogen (secondary N) is 2. The normalized spacial score (nSPS) is 15.9. The summed E-state index contributed by atoms with van der Waals surface area (Å²) in [6.45, 7) is 3.58. The van der Waals surface area contributed by atoms with Gasteiger partial charge in [-0.3, -0.25) is 0 Å². The second kappa shape index (κ2) is 7.26. The van der Waals surface area contributed by atoms with E-state index < -0.39 is 6.03 Å². The molecule has 2 rings (SSSR count). The average molecular weight is 295 g/mol. The number of aliphatic hydroxyl groups excluding tert-OH is 1. The monoisotopic (exact) mass is 295 g/mol. The van der Waals surface area contributed by atoms with Gasteiger partial charge in [-0.25, -0.2) is 9.18 Å². The Labute approximate surface area is 124 Å². The van der Waals surface area contributed by atoms with Gasteiger partial charge < -0.3 is 20.6 Å². The molecule has 21 heavy (non-hydrogen) atoms. The number of carbonyl (C=O) groups is 1. The van der Waals surface area contributed by atoms with E-state index in [0.29, 0.717) is 12.1 Å². The molecule has 0 aliphatic carbocycles. The second-order valence-corrected chi connectivity index (χ2v) is 5.28. The van der Waals surface area contributed by atoms with Crippen LogP contribution in [0.2, 0.25) is 0 Å². The number of anilines is 2. The smallest absolute Gasteiger partial charge is 0.319 e. The lowest BCUT2D eigenvalue weighted by Crippen LogP contribution is -2.39. The van der Waals surface area contributed by atoms with Crippen LogP contribution in [0.5, 0.6) is 0 Å². The first-order valence-electron chi connectivity index (χ1n) is 7.36. The van der Waals surface area contributed by atoms with Gasteiger partial charge in [0, 0.05) is 24.5 Å². The molecule has 1 saturated heterocycles. The third kappa shape index (κ3) is 4.32. The van der Waals surface area contributed by atoms with Crippen molar-refractivity contribution < 1.29 is 14.3 Å². The van der Waals surface area contributed by atoms with Gasteiger partial charge in [0.25, 0.3) is 0 Å².